The van der Waals surface area contributed by atoms with Crippen LogP contribution in [-0.4, -0.2) is 29.7 Å². The summed E-state index contributed by atoms with van der Waals surface area (Å²) in [6.07, 6.45) is 1.79. The van der Waals surface area contributed by atoms with Gasteiger partial charge in [-0.2, -0.15) is 0 Å². The molecule has 0 amide bonds. The molecule has 3 heterocycles. The number of ether oxygens (including phenoxy) is 1. The minimum Gasteiger partial charge on any atom is -0.477 e. The van der Waals surface area contributed by atoms with Gasteiger partial charge in [-0.1, -0.05) is 52.0 Å². The average Bonchev–Trinajstić information content (AvgIpc) is 3.12. The summed E-state index contributed by atoms with van der Waals surface area (Å²) >= 11 is 0. The number of aliphatic carboxylic acids is 1. The molecule has 0 fully saturated rings. The number of carbonyl (C=O) groups excluding carboxylic acids is 1. The largest absolute Gasteiger partial charge is 0.477 e. The Labute approximate surface area is 187 Å². The van der Waals surface area contributed by atoms with Gasteiger partial charge in [-0.25, -0.2) is 9.59 Å². The summed E-state index contributed by atoms with van der Waals surface area (Å²) < 4.78 is 5.55. The third-order valence-electron chi connectivity index (χ3n) is 7.76. The van der Waals surface area contributed by atoms with Crippen molar-refractivity contribution in [1.29, 1.82) is 0 Å². The van der Waals surface area contributed by atoms with Crippen molar-refractivity contribution in [2.45, 2.75) is 51.0 Å². The standard InChI is InChI=1S/C27H25NO4/c1-26(2)18-8-6-5-7-14(18)15-12-20-21(13-19(15)26)28-10-9-22-16(23(28)27(20,3)4)11-17(24(29)30)25(31)32-22/h5-8,11-13,22H,9-10H2,1-4H3,(H,29,30). The number of carbonyl (C=O) groups is 2. The topological polar surface area (TPSA) is 66.8 Å². The van der Waals surface area contributed by atoms with E-state index in [1.807, 2.05) is 0 Å². The van der Waals surface area contributed by atoms with E-state index in [2.05, 4.69) is 69.0 Å². The molecule has 2 aromatic rings. The van der Waals surface area contributed by atoms with Gasteiger partial charge in [0.25, 0.3) is 0 Å². The summed E-state index contributed by atoms with van der Waals surface area (Å²) in [5.41, 5.74) is 8.77. The van der Waals surface area contributed by atoms with Crippen molar-refractivity contribution in [3.63, 3.8) is 0 Å². The number of carboxylic acid groups (broad SMARTS) is 1. The van der Waals surface area contributed by atoms with Crippen molar-refractivity contribution < 1.29 is 19.4 Å². The first-order valence-electron chi connectivity index (χ1n) is 11.1. The number of allylic oxidation sites excluding steroid dienone is 1. The predicted molar refractivity (Wildman–Crippen MR) is 122 cm³/mol. The van der Waals surface area contributed by atoms with Gasteiger partial charge in [0, 0.05) is 40.8 Å². The number of anilines is 1. The van der Waals surface area contributed by atoms with E-state index in [9.17, 15) is 14.7 Å². The normalized spacial score (nSPS) is 23.5. The summed E-state index contributed by atoms with van der Waals surface area (Å²) in [7, 11) is 0. The van der Waals surface area contributed by atoms with E-state index in [0.717, 1.165) is 17.8 Å². The maximum absolute atomic E-state index is 12.2. The van der Waals surface area contributed by atoms with E-state index in [-0.39, 0.29) is 16.4 Å². The lowest BCUT2D eigenvalue weighted by Gasteiger charge is -2.38. The van der Waals surface area contributed by atoms with Gasteiger partial charge in [-0.15, -0.1) is 0 Å². The second-order valence-corrected chi connectivity index (χ2v) is 10.2. The molecule has 0 aromatic heterocycles. The van der Waals surface area contributed by atoms with Gasteiger partial charge >= 0.3 is 11.9 Å². The number of fused-ring (bicyclic) bond motifs is 7. The molecular weight excluding hydrogens is 402 g/mol. The zero-order chi connectivity index (χ0) is 22.6. The highest BCUT2D eigenvalue weighted by atomic mass is 16.5. The highest BCUT2D eigenvalue weighted by Gasteiger charge is 2.49. The Kier molecular flexibility index (Phi) is 3.58. The van der Waals surface area contributed by atoms with E-state index in [1.54, 1.807) is 6.08 Å². The van der Waals surface area contributed by atoms with Crippen LogP contribution in [0.4, 0.5) is 5.69 Å². The molecule has 3 aliphatic heterocycles. The van der Waals surface area contributed by atoms with Crippen LogP contribution in [0.2, 0.25) is 0 Å². The lowest BCUT2D eigenvalue weighted by Crippen LogP contribution is -2.41. The molecule has 0 radical (unpaired) electrons. The molecule has 0 saturated heterocycles. The molecule has 1 aliphatic carbocycles. The quantitative estimate of drug-likeness (QED) is 0.529. The molecule has 2 aromatic carbocycles. The Morgan fingerprint density at radius 3 is 2.53 bits per heavy atom. The fraction of sp³-hybridized carbons (Fsp3) is 0.333. The summed E-state index contributed by atoms with van der Waals surface area (Å²) in [4.78, 5) is 26.1. The first-order chi connectivity index (χ1) is 15.1. The Morgan fingerprint density at radius 1 is 1.03 bits per heavy atom. The first kappa shape index (κ1) is 19.4. The molecule has 162 valence electrons. The van der Waals surface area contributed by atoms with Gasteiger partial charge in [0.15, 0.2) is 0 Å². The minimum atomic E-state index is -1.25. The third-order valence-corrected chi connectivity index (χ3v) is 7.76. The van der Waals surface area contributed by atoms with E-state index < -0.39 is 18.0 Å². The average molecular weight is 428 g/mol. The predicted octanol–water partition coefficient (Wildman–Crippen LogP) is 4.68. The lowest BCUT2D eigenvalue weighted by atomic mass is 9.77. The second-order valence-electron chi connectivity index (χ2n) is 10.2. The highest BCUT2D eigenvalue weighted by molar-refractivity contribution is 6.14. The van der Waals surface area contributed by atoms with Crippen LogP contribution in [0.1, 0.15) is 50.8 Å². The summed E-state index contributed by atoms with van der Waals surface area (Å²) in [5.74, 6) is -1.99. The smallest absolute Gasteiger partial charge is 0.346 e. The molecule has 6 rings (SSSR count). The number of esters is 1. The molecule has 0 saturated carbocycles. The van der Waals surface area contributed by atoms with Gasteiger partial charge in [-0.05, 0) is 46.0 Å². The minimum absolute atomic E-state index is 0.0872. The van der Waals surface area contributed by atoms with Crippen LogP contribution in [0, 0.1) is 0 Å². The van der Waals surface area contributed by atoms with Crippen LogP contribution in [0.15, 0.2) is 59.3 Å². The monoisotopic (exact) mass is 427 g/mol. The zero-order valence-corrected chi connectivity index (χ0v) is 18.7. The van der Waals surface area contributed by atoms with Crippen molar-refractivity contribution in [3.05, 3.63) is 76.0 Å². The molecule has 32 heavy (non-hydrogen) atoms. The summed E-state index contributed by atoms with van der Waals surface area (Å²) in [6.45, 7) is 9.64. The molecule has 5 heteroatoms. The van der Waals surface area contributed by atoms with Gasteiger partial charge in [0.05, 0.1) is 0 Å². The molecule has 0 spiro atoms. The van der Waals surface area contributed by atoms with E-state index in [0.29, 0.717) is 6.42 Å². The Hall–Kier alpha value is -3.34. The van der Waals surface area contributed by atoms with Crippen LogP contribution in [-0.2, 0) is 25.2 Å². The van der Waals surface area contributed by atoms with Crippen molar-refractivity contribution in [1.82, 2.24) is 0 Å². The van der Waals surface area contributed by atoms with Gasteiger partial charge in [0.2, 0.25) is 0 Å². The zero-order valence-electron chi connectivity index (χ0n) is 18.7. The van der Waals surface area contributed by atoms with Gasteiger partial charge in [-0.3, -0.25) is 0 Å². The maximum Gasteiger partial charge on any atom is 0.346 e. The first-order valence-corrected chi connectivity index (χ1v) is 11.1. The number of carboxylic acids is 1. The van der Waals surface area contributed by atoms with Crippen LogP contribution in [0.25, 0.3) is 11.1 Å². The van der Waals surface area contributed by atoms with Gasteiger partial charge < -0.3 is 14.7 Å². The molecule has 4 aliphatic rings. The van der Waals surface area contributed by atoms with Crippen LogP contribution in [0.3, 0.4) is 0 Å². The van der Waals surface area contributed by atoms with E-state index >= 15 is 0 Å². The van der Waals surface area contributed by atoms with Crippen LogP contribution in [0.5, 0.6) is 0 Å². The SMILES string of the molecule is CC1(C)C2=C3C=C(C(=O)O)C(=O)OC3CCN2c2cc3c(cc21)-c1ccccc1C3(C)C. The maximum atomic E-state index is 12.2. The molecule has 0 bridgehead atoms. The van der Waals surface area contributed by atoms with Crippen molar-refractivity contribution in [2.24, 2.45) is 0 Å². The number of hydrogen-bond acceptors (Lipinski definition) is 4. The van der Waals surface area contributed by atoms with Crippen LogP contribution < -0.4 is 4.90 Å². The molecule has 5 nitrogen and oxygen atoms in total. The fourth-order valence-corrected chi connectivity index (χ4v) is 6.19. The Bertz CT molecular complexity index is 1310. The number of benzene rings is 2. The van der Waals surface area contributed by atoms with Crippen molar-refractivity contribution in [3.8, 4) is 11.1 Å². The number of rotatable bonds is 1. The fourth-order valence-electron chi connectivity index (χ4n) is 6.19. The highest BCUT2D eigenvalue weighted by Crippen LogP contribution is 2.57. The second kappa shape index (κ2) is 5.91. The number of nitrogens with zero attached hydrogens (tertiary/aromatic N) is 1. The Balaban J connectivity index is 1.61. The molecule has 1 atom stereocenters. The van der Waals surface area contributed by atoms with Gasteiger partial charge in [0.1, 0.15) is 11.7 Å². The molecule has 1 N–H and O–H groups in total. The molecule has 1 unspecified atom stereocenters. The summed E-state index contributed by atoms with van der Waals surface area (Å²) in [5, 5.41) is 9.50. The summed E-state index contributed by atoms with van der Waals surface area (Å²) in [6, 6.07) is 13.3. The van der Waals surface area contributed by atoms with Crippen molar-refractivity contribution in [2.75, 3.05) is 11.4 Å². The van der Waals surface area contributed by atoms with E-state index in [4.69, 9.17) is 4.74 Å². The van der Waals surface area contributed by atoms with Crippen molar-refractivity contribution >= 4 is 17.6 Å². The van der Waals surface area contributed by atoms with E-state index in [1.165, 1.54) is 33.5 Å². The third kappa shape index (κ3) is 2.23. The molecular formula is C27H25NO4. The van der Waals surface area contributed by atoms with Crippen LogP contribution >= 0.6 is 0 Å². The lowest BCUT2D eigenvalue weighted by molar-refractivity contribution is -0.148. The number of hydrogen-bond donors (Lipinski definition) is 1. The Morgan fingerprint density at radius 2 is 1.78 bits per heavy atom.